The van der Waals surface area contributed by atoms with Gasteiger partial charge in [0.1, 0.15) is 17.3 Å². The lowest BCUT2D eigenvalue weighted by atomic mass is 10.0. The van der Waals surface area contributed by atoms with Gasteiger partial charge in [0.05, 0.1) is 20.7 Å². The van der Waals surface area contributed by atoms with E-state index in [2.05, 4.69) is 11.9 Å². The zero-order valence-electron chi connectivity index (χ0n) is 17.1. The number of ether oxygens (including phenoxy) is 1. The van der Waals surface area contributed by atoms with Crippen molar-refractivity contribution in [2.45, 2.75) is 17.5 Å². The fourth-order valence-corrected chi connectivity index (χ4v) is 5.54. The van der Waals surface area contributed by atoms with Crippen LogP contribution in [0.2, 0.25) is 0 Å². The van der Waals surface area contributed by atoms with E-state index in [1.807, 2.05) is 60.7 Å². The number of nitrogens with one attached hydrogen (secondary N) is 1. The number of β-lactam (4-membered cyclic amide) rings is 1. The number of nitrogens with zero attached hydrogens (tertiary/aromatic N) is 1. The Morgan fingerprint density at radius 2 is 1.64 bits per heavy atom. The fourth-order valence-electron chi connectivity index (χ4n) is 3.67. The number of halogens is 2. The van der Waals surface area contributed by atoms with Crippen LogP contribution in [-0.4, -0.2) is 44.2 Å². The van der Waals surface area contributed by atoms with E-state index >= 15 is 0 Å². The summed E-state index contributed by atoms with van der Waals surface area (Å²) in [5, 5.41) is 1.17. The molecular weight excluding hydrogens is 487 g/mol. The molecule has 170 valence electrons. The molecule has 1 unspecified atom stereocenters. The van der Waals surface area contributed by atoms with E-state index in [1.54, 1.807) is 0 Å². The lowest BCUT2D eigenvalue weighted by Gasteiger charge is -2.49. The quantitative estimate of drug-likeness (QED) is 0.370. The van der Waals surface area contributed by atoms with Crippen molar-refractivity contribution >= 4 is 51.8 Å². The second-order valence-electron chi connectivity index (χ2n) is 7.27. The van der Waals surface area contributed by atoms with Crippen molar-refractivity contribution < 1.29 is 23.3 Å². The largest absolute Gasteiger partial charge is 0.448 e. The molecule has 0 spiro atoms. The summed E-state index contributed by atoms with van der Waals surface area (Å²) in [6.45, 7) is 3.71. The number of amides is 2. The number of allylic oxidation sites excluding steroid dienone is 1. The van der Waals surface area contributed by atoms with Crippen molar-refractivity contribution in [3.63, 3.8) is 0 Å². The van der Waals surface area contributed by atoms with Gasteiger partial charge in [-0.2, -0.15) is 0 Å². The molecule has 10 heteroatoms. The third-order valence-corrected chi connectivity index (χ3v) is 7.63. The molecule has 0 bridgehead atoms. The molecule has 4 rings (SSSR count). The van der Waals surface area contributed by atoms with Crippen LogP contribution < -0.4 is 5.32 Å². The Labute approximate surface area is 202 Å². The number of carbonyl (C=O) groups is 3. The lowest BCUT2D eigenvalue weighted by Crippen LogP contribution is -2.73. The molecule has 2 aromatic carbocycles. The van der Waals surface area contributed by atoms with E-state index < -0.39 is 46.1 Å². The highest BCUT2D eigenvalue weighted by atomic mass is 35.5. The van der Waals surface area contributed by atoms with Crippen LogP contribution in [0.1, 0.15) is 17.2 Å². The van der Waals surface area contributed by atoms with Gasteiger partial charge in [-0.05, 0) is 11.1 Å². The summed E-state index contributed by atoms with van der Waals surface area (Å²) >= 11 is 11.8. The highest BCUT2D eigenvalue weighted by Gasteiger charge is 2.58. The monoisotopic (exact) mass is 504 g/mol. The van der Waals surface area contributed by atoms with Crippen molar-refractivity contribution in [2.24, 2.45) is 0 Å². The van der Waals surface area contributed by atoms with Gasteiger partial charge in [-0.15, -0.1) is 11.6 Å². The fraction of sp³-hybridized carbons (Fsp3) is 0.174. The van der Waals surface area contributed by atoms with Gasteiger partial charge >= 0.3 is 5.97 Å². The summed E-state index contributed by atoms with van der Waals surface area (Å²) in [6, 6.07) is 17.1. The maximum Gasteiger partial charge on any atom is 0.357 e. The molecule has 0 aromatic heterocycles. The summed E-state index contributed by atoms with van der Waals surface area (Å²) in [7, 11) is -1.84. The average molecular weight is 505 g/mol. The Morgan fingerprint density at radius 3 is 2.15 bits per heavy atom. The van der Waals surface area contributed by atoms with Gasteiger partial charge in [0.25, 0.3) is 5.91 Å². The van der Waals surface area contributed by atoms with E-state index in [-0.39, 0.29) is 21.5 Å². The average Bonchev–Trinajstić information content (AvgIpc) is 2.85. The van der Waals surface area contributed by atoms with E-state index in [1.165, 1.54) is 0 Å². The molecule has 1 N–H and O–H groups in total. The predicted molar refractivity (Wildman–Crippen MR) is 124 cm³/mol. The predicted octanol–water partition coefficient (Wildman–Crippen LogP) is 2.94. The van der Waals surface area contributed by atoms with Gasteiger partial charge in [-0.25, -0.2) is 4.79 Å². The minimum absolute atomic E-state index is 0.0292. The molecule has 1 fully saturated rings. The summed E-state index contributed by atoms with van der Waals surface area (Å²) in [5.74, 6) is -2.49. The second kappa shape index (κ2) is 9.51. The van der Waals surface area contributed by atoms with Crippen LogP contribution in [0, 0.1) is 0 Å². The molecule has 2 aliphatic rings. The van der Waals surface area contributed by atoms with Crippen LogP contribution in [0.4, 0.5) is 0 Å². The van der Waals surface area contributed by atoms with E-state index in [9.17, 15) is 18.6 Å². The summed E-state index contributed by atoms with van der Waals surface area (Å²) < 4.78 is 18.6. The Hall–Kier alpha value is -2.94. The highest BCUT2D eigenvalue weighted by Crippen LogP contribution is 2.42. The van der Waals surface area contributed by atoms with E-state index in [0.29, 0.717) is 11.1 Å². The van der Waals surface area contributed by atoms with Crippen LogP contribution in [0.15, 0.2) is 82.9 Å². The summed E-state index contributed by atoms with van der Waals surface area (Å²) in [4.78, 5) is 38.8. The first-order valence-corrected chi connectivity index (χ1v) is 12.0. The number of hydrogen-bond donors (Lipinski definition) is 1. The maximum absolute atomic E-state index is 13.3. The number of esters is 1. The van der Waals surface area contributed by atoms with Crippen molar-refractivity contribution in [3.8, 4) is 0 Å². The number of fused-ring (bicyclic) bond motifs is 1. The summed E-state index contributed by atoms with van der Waals surface area (Å²) in [5.41, 5.74) is 1.17. The number of benzene rings is 2. The van der Waals surface area contributed by atoms with Crippen molar-refractivity contribution in [1.29, 1.82) is 0 Å². The van der Waals surface area contributed by atoms with Gasteiger partial charge in [0.2, 0.25) is 5.91 Å². The van der Waals surface area contributed by atoms with E-state index in [0.717, 1.165) is 4.90 Å². The topological polar surface area (TPSA) is 92.8 Å². The Kier molecular flexibility index (Phi) is 6.69. The third kappa shape index (κ3) is 4.21. The lowest BCUT2D eigenvalue weighted by molar-refractivity contribution is -0.154. The molecule has 0 saturated carbocycles. The standard InChI is InChI=1S/C23H18Cl2N2O5S/c1-13-17(25)19(27-21(29)18(22(27)33(13)31)26-16(28)12-24)23(30)32-20(14-8-4-2-5-9-14)15-10-6-3-7-11-15/h2-11,18,20,22H,1,12H2,(H,26,28)/t18-,22-,33?/m1/s1. The maximum atomic E-state index is 13.3. The normalized spacial score (nSPS) is 22.0. The first kappa shape index (κ1) is 23.2. The molecular formula is C23H18Cl2N2O5S. The highest BCUT2D eigenvalue weighted by molar-refractivity contribution is 7.90. The van der Waals surface area contributed by atoms with Gasteiger partial charge in [0.15, 0.2) is 11.8 Å². The van der Waals surface area contributed by atoms with Crippen molar-refractivity contribution in [3.05, 3.63) is 94.0 Å². The van der Waals surface area contributed by atoms with Crippen LogP contribution in [0.25, 0.3) is 0 Å². The van der Waals surface area contributed by atoms with Crippen LogP contribution >= 0.6 is 23.2 Å². The Balaban J connectivity index is 1.68. The van der Waals surface area contributed by atoms with Gasteiger partial charge in [0, 0.05) is 0 Å². The van der Waals surface area contributed by atoms with Crippen molar-refractivity contribution in [1.82, 2.24) is 10.2 Å². The smallest absolute Gasteiger partial charge is 0.357 e. The molecule has 2 amide bonds. The number of hydrogen-bond acceptors (Lipinski definition) is 5. The second-order valence-corrected chi connectivity index (χ2v) is 9.48. The molecule has 7 nitrogen and oxygen atoms in total. The Bertz CT molecular complexity index is 1150. The Morgan fingerprint density at radius 1 is 1.09 bits per heavy atom. The SMILES string of the molecule is C=C1C(Cl)=C(C(=O)OC(c2ccccc2)c2ccccc2)N2C(=O)[C@@H](NC(=O)CCl)[C@H]2S1=O. The molecule has 33 heavy (non-hydrogen) atoms. The molecule has 0 radical (unpaired) electrons. The number of carbonyl (C=O) groups excluding carboxylic acids is 3. The number of alkyl halides is 1. The van der Waals surface area contributed by atoms with Gasteiger partial charge < -0.3 is 10.1 Å². The minimum Gasteiger partial charge on any atom is -0.448 e. The minimum atomic E-state index is -1.84. The van der Waals surface area contributed by atoms with Gasteiger partial charge in [-0.1, -0.05) is 78.8 Å². The molecule has 0 aliphatic carbocycles. The van der Waals surface area contributed by atoms with E-state index in [4.69, 9.17) is 27.9 Å². The van der Waals surface area contributed by atoms with Gasteiger partial charge in [-0.3, -0.25) is 18.7 Å². The zero-order valence-corrected chi connectivity index (χ0v) is 19.4. The molecule has 2 heterocycles. The molecule has 2 aliphatic heterocycles. The molecule has 1 saturated heterocycles. The first-order chi connectivity index (χ1) is 15.8. The first-order valence-electron chi connectivity index (χ1n) is 9.84. The molecule has 2 aromatic rings. The third-order valence-electron chi connectivity index (χ3n) is 5.26. The van der Waals surface area contributed by atoms with Crippen LogP contribution in [-0.2, 0) is 29.9 Å². The zero-order chi connectivity index (χ0) is 23.7. The van der Waals surface area contributed by atoms with Crippen molar-refractivity contribution in [2.75, 3.05) is 5.88 Å². The number of rotatable bonds is 6. The summed E-state index contributed by atoms with van der Waals surface area (Å²) in [6.07, 6.45) is -0.779. The molecule has 3 atom stereocenters. The van der Waals surface area contributed by atoms with Crippen LogP contribution in [0.3, 0.4) is 0 Å². The van der Waals surface area contributed by atoms with Crippen LogP contribution in [0.5, 0.6) is 0 Å².